The van der Waals surface area contributed by atoms with Crippen molar-refractivity contribution in [2.24, 2.45) is 0 Å². The number of nitrogens with zero attached hydrogens (tertiary/aromatic N) is 5. The summed E-state index contributed by atoms with van der Waals surface area (Å²) in [7, 11) is 0. The Hall–Kier alpha value is -2.58. The zero-order chi connectivity index (χ0) is 17.2. The zero-order valence-electron chi connectivity index (χ0n) is 14.1. The van der Waals surface area contributed by atoms with Crippen LogP contribution in [-0.4, -0.2) is 49.2 Å². The number of hydrogen-bond donors (Lipinski definition) is 1. The van der Waals surface area contributed by atoms with E-state index in [9.17, 15) is 4.79 Å². The first kappa shape index (κ1) is 15.9. The molecule has 1 aliphatic heterocycles. The molecule has 3 aromatic heterocycles. The number of nitrogens with one attached hydrogen (secondary N) is 1. The van der Waals surface area contributed by atoms with Crippen LogP contribution in [0.25, 0.3) is 5.65 Å². The van der Waals surface area contributed by atoms with Gasteiger partial charge in [-0.15, -0.1) is 0 Å². The molecule has 0 aliphatic carbocycles. The summed E-state index contributed by atoms with van der Waals surface area (Å²) in [6.07, 6.45) is 2.38. The van der Waals surface area contributed by atoms with E-state index < -0.39 is 0 Å². The second kappa shape index (κ2) is 6.73. The van der Waals surface area contributed by atoms with Gasteiger partial charge in [0.25, 0.3) is 5.56 Å². The summed E-state index contributed by atoms with van der Waals surface area (Å²) in [5, 5.41) is 7.18. The van der Waals surface area contributed by atoms with Crippen molar-refractivity contribution in [2.75, 3.05) is 19.7 Å². The van der Waals surface area contributed by atoms with Crippen LogP contribution in [0.4, 0.5) is 0 Å². The van der Waals surface area contributed by atoms with Gasteiger partial charge in [-0.05, 0) is 12.1 Å². The van der Waals surface area contributed by atoms with Crippen LogP contribution >= 0.6 is 0 Å². The molecule has 1 atom stereocenters. The van der Waals surface area contributed by atoms with Crippen molar-refractivity contribution in [3.63, 3.8) is 0 Å². The molecule has 1 N–H and O–H groups in total. The summed E-state index contributed by atoms with van der Waals surface area (Å²) >= 11 is 0. The summed E-state index contributed by atoms with van der Waals surface area (Å²) in [5.41, 5.74) is 1.37. The van der Waals surface area contributed by atoms with Gasteiger partial charge in [0.05, 0.1) is 12.3 Å². The third kappa shape index (κ3) is 3.31. The number of aromatic nitrogens is 5. The molecule has 130 valence electrons. The zero-order valence-corrected chi connectivity index (χ0v) is 14.1. The van der Waals surface area contributed by atoms with Crippen LogP contribution in [-0.2, 0) is 17.7 Å². The van der Waals surface area contributed by atoms with Crippen LogP contribution in [0.15, 0.2) is 35.3 Å². The second-order valence-corrected chi connectivity index (χ2v) is 6.10. The number of morpholine rings is 1. The van der Waals surface area contributed by atoms with Gasteiger partial charge in [0.1, 0.15) is 17.6 Å². The van der Waals surface area contributed by atoms with E-state index in [1.54, 1.807) is 16.7 Å². The molecule has 1 unspecified atom stereocenters. The molecule has 0 bridgehead atoms. The lowest BCUT2D eigenvalue weighted by atomic mass is 10.2. The number of hydrogen-bond acceptors (Lipinski definition) is 6. The number of rotatable bonds is 4. The van der Waals surface area contributed by atoms with Crippen LogP contribution in [0.5, 0.6) is 0 Å². The lowest BCUT2D eigenvalue weighted by Gasteiger charge is -2.31. The maximum Gasteiger partial charge on any atom is 0.258 e. The summed E-state index contributed by atoms with van der Waals surface area (Å²) in [4.78, 5) is 23.5. The summed E-state index contributed by atoms with van der Waals surface area (Å²) in [6.45, 7) is 4.70. The Bertz CT molecular complexity index is 934. The topological polar surface area (TPSA) is 88.4 Å². The lowest BCUT2D eigenvalue weighted by Crippen LogP contribution is -2.38. The fourth-order valence-corrected chi connectivity index (χ4v) is 3.03. The highest BCUT2D eigenvalue weighted by Crippen LogP contribution is 2.20. The average Bonchev–Trinajstić information content (AvgIpc) is 3.11. The summed E-state index contributed by atoms with van der Waals surface area (Å²) in [6, 6.07) is 7.14. The molecule has 8 heteroatoms. The number of fused-ring (bicyclic) bond motifs is 1. The smallest absolute Gasteiger partial charge is 0.258 e. The molecule has 1 fully saturated rings. The Labute approximate surface area is 144 Å². The van der Waals surface area contributed by atoms with E-state index in [0.29, 0.717) is 31.2 Å². The normalized spacial score (nSPS) is 18.7. The van der Waals surface area contributed by atoms with Crippen LogP contribution in [0.2, 0.25) is 0 Å². The monoisotopic (exact) mass is 340 g/mol. The summed E-state index contributed by atoms with van der Waals surface area (Å²) < 4.78 is 7.36. The number of aryl methyl sites for hydroxylation is 1. The van der Waals surface area contributed by atoms with Crippen LogP contribution < -0.4 is 5.56 Å². The van der Waals surface area contributed by atoms with Gasteiger partial charge in [0, 0.05) is 38.3 Å². The predicted molar refractivity (Wildman–Crippen MR) is 91.2 cm³/mol. The van der Waals surface area contributed by atoms with Crippen molar-refractivity contribution in [2.45, 2.75) is 26.0 Å². The molecule has 25 heavy (non-hydrogen) atoms. The average molecular weight is 340 g/mol. The number of aromatic amines is 1. The van der Waals surface area contributed by atoms with Crippen molar-refractivity contribution >= 4 is 5.65 Å². The molecule has 0 saturated carbocycles. The van der Waals surface area contributed by atoms with Crippen LogP contribution in [0.1, 0.15) is 30.4 Å². The van der Waals surface area contributed by atoms with E-state index in [1.165, 1.54) is 0 Å². The number of H-pyrrole nitrogens is 1. The van der Waals surface area contributed by atoms with Crippen LogP contribution in [0, 0.1) is 0 Å². The van der Waals surface area contributed by atoms with Gasteiger partial charge in [0.2, 0.25) is 0 Å². The maximum atomic E-state index is 12.2. The van der Waals surface area contributed by atoms with E-state index >= 15 is 0 Å². The van der Waals surface area contributed by atoms with Crippen molar-refractivity contribution < 1.29 is 4.74 Å². The minimum absolute atomic E-state index is 0.0630. The maximum absolute atomic E-state index is 12.2. The van der Waals surface area contributed by atoms with Crippen molar-refractivity contribution in [3.8, 4) is 0 Å². The minimum Gasteiger partial charge on any atom is -0.367 e. The third-order valence-electron chi connectivity index (χ3n) is 4.33. The predicted octanol–water partition coefficient (Wildman–Crippen LogP) is 0.948. The Morgan fingerprint density at radius 1 is 1.36 bits per heavy atom. The molecular formula is C17H20N6O2. The first-order valence-electron chi connectivity index (χ1n) is 8.45. The van der Waals surface area contributed by atoms with Gasteiger partial charge < -0.3 is 4.74 Å². The molecule has 0 amide bonds. The number of pyridine rings is 1. The second-order valence-electron chi connectivity index (χ2n) is 6.10. The largest absolute Gasteiger partial charge is 0.367 e. The molecule has 4 heterocycles. The fourth-order valence-electron chi connectivity index (χ4n) is 3.03. The van der Waals surface area contributed by atoms with Crippen LogP contribution in [0.3, 0.4) is 0 Å². The molecule has 0 radical (unpaired) electrons. The Morgan fingerprint density at radius 2 is 2.28 bits per heavy atom. The Balaban J connectivity index is 1.51. The van der Waals surface area contributed by atoms with Gasteiger partial charge in [-0.1, -0.05) is 13.0 Å². The van der Waals surface area contributed by atoms with Gasteiger partial charge >= 0.3 is 0 Å². The molecule has 0 aromatic carbocycles. The highest BCUT2D eigenvalue weighted by molar-refractivity contribution is 5.37. The molecule has 3 aromatic rings. The van der Waals surface area contributed by atoms with Gasteiger partial charge in [-0.3, -0.25) is 19.2 Å². The molecule has 4 rings (SSSR count). The Morgan fingerprint density at radius 3 is 3.12 bits per heavy atom. The lowest BCUT2D eigenvalue weighted by molar-refractivity contribution is -0.0374. The van der Waals surface area contributed by atoms with E-state index in [-0.39, 0.29) is 11.7 Å². The fraction of sp³-hybridized carbons (Fsp3) is 0.412. The van der Waals surface area contributed by atoms with Crippen molar-refractivity contribution in [1.29, 1.82) is 0 Å². The van der Waals surface area contributed by atoms with Gasteiger partial charge in [-0.25, -0.2) is 9.97 Å². The van der Waals surface area contributed by atoms with E-state index in [4.69, 9.17) is 4.74 Å². The highest BCUT2D eigenvalue weighted by Gasteiger charge is 2.25. The molecule has 1 saturated heterocycles. The molecular weight excluding hydrogens is 320 g/mol. The first-order valence-corrected chi connectivity index (χ1v) is 8.45. The SMILES string of the molecule is CCc1nc(C2CN(Cc3cc(=O)n4ccccc4n3)CCO2)n[nH]1. The summed E-state index contributed by atoms with van der Waals surface area (Å²) in [5.74, 6) is 1.55. The van der Waals surface area contributed by atoms with E-state index in [2.05, 4.69) is 25.1 Å². The molecule has 0 spiro atoms. The van der Waals surface area contributed by atoms with Gasteiger partial charge in [-0.2, -0.15) is 5.10 Å². The van der Waals surface area contributed by atoms with Crippen molar-refractivity contribution in [1.82, 2.24) is 29.5 Å². The van der Waals surface area contributed by atoms with Crippen molar-refractivity contribution in [3.05, 3.63) is 58.2 Å². The highest BCUT2D eigenvalue weighted by atomic mass is 16.5. The van der Waals surface area contributed by atoms with E-state index in [0.717, 1.165) is 24.5 Å². The van der Waals surface area contributed by atoms with E-state index in [1.807, 2.05) is 25.1 Å². The minimum atomic E-state index is -0.160. The Kier molecular flexibility index (Phi) is 4.29. The quantitative estimate of drug-likeness (QED) is 0.761. The number of ether oxygens (including phenoxy) is 1. The molecule has 8 nitrogen and oxygen atoms in total. The first-order chi connectivity index (χ1) is 12.2. The standard InChI is InChI=1S/C17H20N6O2/c1-2-14-19-17(21-20-14)13-11-22(7-8-25-13)10-12-9-16(24)23-6-4-3-5-15(23)18-12/h3-6,9,13H,2,7-8,10-11H2,1H3,(H,19,20,21). The molecule has 1 aliphatic rings. The van der Waals surface area contributed by atoms with Gasteiger partial charge in [0.15, 0.2) is 5.82 Å². The third-order valence-corrected chi connectivity index (χ3v) is 4.33.